The summed E-state index contributed by atoms with van der Waals surface area (Å²) in [6.07, 6.45) is 1.13. The highest BCUT2D eigenvalue weighted by Gasteiger charge is 2.38. The lowest BCUT2D eigenvalue weighted by atomic mass is 10.2. The maximum absolute atomic E-state index is 12.6. The Hall–Kier alpha value is -0.700. The van der Waals surface area contributed by atoms with E-state index in [1.54, 1.807) is 9.80 Å². The van der Waals surface area contributed by atoms with Crippen molar-refractivity contribution >= 4 is 40.1 Å². The van der Waals surface area contributed by atoms with Crippen molar-refractivity contribution in [3.63, 3.8) is 0 Å². The largest absolute Gasteiger partial charge is 0.378 e. The third-order valence-electron chi connectivity index (χ3n) is 4.48. The second-order valence-corrected chi connectivity index (χ2v) is 7.78. The lowest BCUT2D eigenvalue weighted by Crippen LogP contribution is -2.42. The van der Waals surface area contributed by atoms with Crippen LogP contribution < -0.4 is 0 Å². The summed E-state index contributed by atoms with van der Waals surface area (Å²) in [5.41, 5.74) is 0. The first-order chi connectivity index (χ1) is 11.6. The number of carbonyl (C=O) groups excluding carboxylic acids is 2. The second kappa shape index (κ2) is 9.70. The van der Waals surface area contributed by atoms with Gasteiger partial charge < -0.3 is 14.5 Å². The highest BCUT2D eigenvalue weighted by atomic mass is 32.2. The number of hydrogen-bond donors (Lipinski definition) is 0. The Morgan fingerprint density at radius 3 is 2.62 bits per heavy atom. The third kappa shape index (κ3) is 5.15. The molecule has 0 aliphatic carbocycles. The fourth-order valence-corrected chi connectivity index (χ4v) is 4.46. The molecule has 2 heterocycles. The quantitative estimate of drug-likeness (QED) is 0.596. The van der Waals surface area contributed by atoms with Gasteiger partial charge in [-0.2, -0.15) is 0 Å². The highest BCUT2D eigenvalue weighted by Crippen LogP contribution is 2.30. The zero-order valence-electron chi connectivity index (χ0n) is 14.5. The molecule has 0 N–H and O–H groups in total. The standard InChI is InChI=1S/C16H27N3O3S2/c1-3-17(4-2)6-5-7-19-15(21)13(24-16(19)23)12-14(20)18-8-10-22-11-9-18/h13H,3-12H2,1-2H3. The Bertz CT molecular complexity index is 465. The molecule has 2 saturated heterocycles. The van der Waals surface area contributed by atoms with Crippen LogP contribution in [0.15, 0.2) is 0 Å². The minimum Gasteiger partial charge on any atom is -0.378 e. The first-order valence-corrected chi connectivity index (χ1v) is 9.95. The van der Waals surface area contributed by atoms with Crippen LogP contribution in [0.1, 0.15) is 26.7 Å². The van der Waals surface area contributed by atoms with Crippen molar-refractivity contribution in [2.45, 2.75) is 31.9 Å². The summed E-state index contributed by atoms with van der Waals surface area (Å²) in [6.45, 7) is 10.3. The van der Waals surface area contributed by atoms with E-state index in [-0.39, 0.29) is 23.5 Å². The van der Waals surface area contributed by atoms with Crippen molar-refractivity contribution in [1.82, 2.24) is 14.7 Å². The van der Waals surface area contributed by atoms with Crippen LogP contribution in [-0.4, -0.2) is 88.6 Å². The molecule has 0 aromatic heterocycles. The molecule has 0 aromatic carbocycles. The van der Waals surface area contributed by atoms with Gasteiger partial charge in [0.1, 0.15) is 4.32 Å². The Balaban J connectivity index is 1.80. The summed E-state index contributed by atoms with van der Waals surface area (Å²) in [4.78, 5) is 30.7. The Labute approximate surface area is 153 Å². The summed E-state index contributed by atoms with van der Waals surface area (Å²) in [7, 11) is 0. The smallest absolute Gasteiger partial charge is 0.242 e. The molecule has 2 aliphatic rings. The van der Waals surface area contributed by atoms with Crippen LogP contribution in [0.5, 0.6) is 0 Å². The molecule has 2 amide bonds. The molecular weight excluding hydrogens is 346 g/mol. The molecule has 6 nitrogen and oxygen atoms in total. The van der Waals surface area contributed by atoms with E-state index < -0.39 is 0 Å². The van der Waals surface area contributed by atoms with Gasteiger partial charge in [-0.25, -0.2) is 0 Å². The maximum Gasteiger partial charge on any atom is 0.242 e. The van der Waals surface area contributed by atoms with Gasteiger partial charge in [-0.1, -0.05) is 37.8 Å². The minimum absolute atomic E-state index is 0.00819. The van der Waals surface area contributed by atoms with E-state index in [2.05, 4.69) is 18.7 Å². The number of morpholine rings is 1. The fraction of sp³-hybridized carbons (Fsp3) is 0.812. The Kier molecular flexibility index (Phi) is 7.93. The van der Waals surface area contributed by atoms with E-state index >= 15 is 0 Å². The lowest BCUT2D eigenvalue weighted by molar-refractivity contribution is -0.137. The molecule has 2 fully saturated rings. The van der Waals surface area contributed by atoms with Gasteiger partial charge in [-0.15, -0.1) is 0 Å². The monoisotopic (exact) mass is 373 g/mol. The SMILES string of the molecule is CCN(CC)CCCN1C(=O)C(CC(=O)N2CCOCC2)SC1=S. The lowest BCUT2D eigenvalue weighted by Gasteiger charge is -2.27. The summed E-state index contributed by atoms with van der Waals surface area (Å²) in [5.74, 6) is 0.0168. The van der Waals surface area contributed by atoms with Crippen molar-refractivity contribution in [3.05, 3.63) is 0 Å². The molecule has 1 atom stereocenters. The number of thiocarbonyl (C=S) groups is 1. The summed E-state index contributed by atoms with van der Waals surface area (Å²) >= 11 is 6.71. The molecule has 0 saturated carbocycles. The van der Waals surface area contributed by atoms with E-state index in [0.717, 1.165) is 26.1 Å². The molecule has 2 aliphatic heterocycles. The summed E-state index contributed by atoms with van der Waals surface area (Å²) < 4.78 is 5.87. The summed E-state index contributed by atoms with van der Waals surface area (Å²) in [6, 6.07) is 0. The zero-order valence-corrected chi connectivity index (χ0v) is 16.2. The van der Waals surface area contributed by atoms with E-state index in [0.29, 0.717) is 37.2 Å². The first kappa shape index (κ1) is 19.6. The second-order valence-electron chi connectivity index (χ2n) is 5.94. The summed E-state index contributed by atoms with van der Waals surface area (Å²) in [5, 5.41) is -0.360. The Morgan fingerprint density at radius 1 is 1.33 bits per heavy atom. The van der Waals surface area contributed by atoms with Crippen molar-refractivity contribution in [3.8, 4) is 0 Å². The van der Waals surface area contributed by atoms with Crippen LogP contribution in [0, 0.1) is 0 Å². The normalized spacial score (nSPS) is 21.9. The number of rotatable bonds is 8. The average molecular weight is 374 g/mol. The molecule has 8 heteroatoms. The Morgan fingerprint density at radius 2 is 2.00 bits per heavy atom. The zero-order chi connectivity index (χ0) is 17.5. The molecule has 24 heavy (non-hydrogen) atoms. The van der Waals surface area contributed by atoms with Gasteiger partial charge in [0.25, 0.3) is 0 Å². The van der Waals surface area contributed by atoms with Gasteiger partial charge in [0.05, 0.1) is 18.5 Å². The van der Waals surface area contributed by atoms with Crippen molar-refractivity contribution in [2.24, 2.45) is 0 Å². The molecule has 0 spiro atoms. The van der Waals surface area contributed by atoms with Gasteiger partial charge in [-0.05, 0) is 26.1 Å². The predicted molar refractivity (Wildman–Crippen MR) is 100 cm³/mol. The third-order valence-corrected chi connectivity index (χ3v) is 6.06. The van der Waals surface area contributed by atoms with Crippen molar-refractivity contribution < 1.29 is 14.3 Å². The molecule has 1 unspecified atom stereocenters. The van der Waals surface area contributed by atoms with Crippen molar-refractivity contribution in [2.75, 3.05) is 52.5 Å². The number of carbonyl (C=O) groups is 2. The molecule has 0 aromatic rings. The predicted octanol–water partition coefficient (Wildman–Crippen LogP) is 1.20. The molecule has 0 radical (unpaired) electrons. The van der Waals surface area contributed by atoms with Crippen LogP contribution in [0.2, 0.25) is 0 Å². The van der Waals surface area contributed by atoms with E-state index in [4.69, 9.17) is 17.0 Å². The van der Waals surface area contributed by atoms with E-state index in [9.17, 15) is 9.59 Å². The van der Waals surface area contributed by atoms with Crippen LogP contribution in [0.4, 0.5) is 0 Å². The van der Waals surface area contributed by atoms with Crippen LogP contribution >= 0.6 is 24.0 Å². The van der Waals surface area contributed by atoms with Crippen LogP contribution in [0.3, 0.4) is 0 Å². The topological polar surface area (TPSA) is 53.1 Å². The molecule has 0 bridgehead atoms. The molecule has 136 valence electrons. The average Bonchev–Trinajstić information content (AvgIpc) is 2.86. The van der Waals surface area contributed by atoms with Gasteiger partial charge in [0.2, 0.25) is 11.8 Å². The molecular formula is C16H27N3O3S2. The van der Waals surface area contributed by atoms with Crippen LogP contribution in [-0.2, 0) is 14.3 Å². The fourth-order valence-electron chi connectivity index (χ4n) is 2.92. The first-order valence-electron chi connectivity index (χ1n) is 8.66. The molecule has 2 rings (SSSR count). The van der Waals surface area contributed by atoms with E-state index in [1.165, 1.54) is 11.8 Å². The van der Waals surface area contributed by atoms with Crippen LogP contribution in [0.25, 0.3) is 0 Å². The maximum atomic E-state index is 12.6. The number of ether oxygens (including phenoxy) is 1. The van der Waals surface area contributed by atoms with Gasteiger partial charge in [-0.3, -0.25) is 14.5 Å². The number of amides is 2. The van der Waals surface area contributed by atoms with Gasteiger partial charge in [0.15, 0.2) is 0 Å². The number of nitrogens with zero attached hydrogens (tertiary/aromatic N) is 3. The van der Waals surface area contributed by atoms with E-state index in [1.807, 2.05) is 0 Å². The minimum atomic E-state index is -0.360. The number of thioether (sulfide) groups is 1. The number of hydrogen-bond acceptors (Lipinski definition) is 6. The van der Waals surface area contributed by atoms with Gasteiger partial charge >= 0.3 is 0 Å². The highest BCUT2D eigenvalue weighted by molar-refractivity contribution is 8.24. The van der Waals surface area contributed by atoms with Gasteiger partial charge in [0, 0.05) is 26.1 Å². The van der Waals surface area contributed by atoms with Crippen molar-refractivity contribution in [1.29, 1.82) is 0 Å².